The van der Waals surface area contributed by atoms with Gasteiger partial charge >= 0.3 is 12.0 Å². The van der Waals surface area contributed by atoms with Crippen molar-refractivity contribution in [1.29, 1.82) is 5.41 Å². The number of carbonyl (C=O) groups is 3. The highest BCUT2D eigenvalue weighted by Gasteiger charge is 2.46. The van der Waals surface area contributed by atoms with Gasteiger partial charge in [0.05, 0.1) is 30.9 Å². The van der Waals surface area contributed by atoms with Crippen molar-refractivity contribution in [3.05, 3.63) is 47.2 Å². The van der Waals surface area contributed by atoms with Crippen LogP contribution in [0.2, 0.25) is 0 Å². The minimum absolute atomic E-state index is 0.0492. The van der Waals surface area contributed by atoms with Crippen molar-refractivity contribution in [3.8, 4) is 5.88 Å². The number of carboxylic acids is 1. The number of urea groups is 1. The molecule has 3 heterocycles. The number of methoxy groups -OCH3 is 1. The second-order valence-corrected chi connectivity index (χ2v) is 11.5. The number of hydrogen-bond acceptors (Lipinski definition) is 8. The molecule has 2 aliphatic rings. The zero-order chi connectivity index (χ0) is 30.6. The van der Waals surface area contributed by atoms with E-state index in [-0.39, 0.29) is 42.8 Å². The number of likely N-dealkylation sites (tertiary alicyclic amines) is 1. The number of rotatable bonds is 9. The van der Waals surface area contributed by atoms with E-state index in [2.05, 4.69) is 5.10 Å². The lowest BCUT2D eigenvalue weighted by Crippen LogP contribution is -2.58. The van der Waals surface area contributed by atoms with Crippen molar-refractivity contribution in [3.63, 3.8) is 0 Å². The van der Waals surface area contributed by atoms with Crippen molar-refractivity contribution < 1.29 is 33.7 Å². The van der Waals surface area contributed by atoms with Crippen LogP contribution < -0.4 is 10.5 Å². The summed E-state index contributed by atoms with van der Waals surface area (Å²) in [7, 11) is 1.51. The van der Waals surface area contributed by atoms with E-state index in [1.165, 1.54) is 16.7 Å². The van der Waals surface area contributed by atoms with Crippen LogP contribution in [0.25, 0.3) is 0 Å². The van der Waals surface area contributed by atoms with Crippen molar-refractivity contribution in [2.45, 2.75) is 45.8 Å². The summed E-state index contributed by atoms with van der Waals surface area (Å²) in [6.07, 6.45) is 0.569. The number of nitrogens with one attached hydrogen (secondary N) is 1. The minimum atomic E-state index is -1.18. The second-order valence-electron chi connectivity index (χ2n) is 11.5. The van der Waals surface area contributed by atoms with Crippen molar-refractivity contribution in [2.24, 2.45) is 17.1 Å². The van der Waals surface area contributed by atoms with Gasteiger partial charge in [0.25, 0.3) is 5.91 Å². The normalized spacial score (nSPS) is 21.2. The third-order valence-corrected chi connectivity index (χ3v) is 7.86. The third-order valence-electron chi connectivity index (χ3n) is 7.86. The first-order valence-corrected chi connectivity index (χ1v) is 14.0. The van der Waals surface area contributed by atoms with E-state index in [9.17, 15) is 19.5 Å². The van der Waals surface area contributed by atoms with Gasteiger partial charge in [0.1, 0.15) is 18.5 Å². The average Bonchev–Trinajstić information content (AvgIpc) is 3.39. The smallest absolute Gasteiger partial charge is 0.327 e. The van der Waals surface area contributed by atoms with Gasteiger partial charge in [-0.05, 0) is 31.7 Å². The molecule has 1 aromatic heterocycles. The predicted octanol–water partition coefficient (Wildman–Crippen LogP) is 2.39. The fourth-order valence-corrected chi connectivity index (χ4v) is 5.50. The maximum absolute atomic E-state index is 13.7. The van der Waals surface area contributed by atoms with Crippen LogP contribution in [0.1, 0.15) is 54.7 Å². The van der Waals surface area contributed by atoms with Crippen molar-refractivity contribution >= 4 is 23.7 Å². The fraction of sp³-hybridized carbons (Fsp3) is 0.552. The average molecular weight is 585 g/mol. The van der Waals surface area contributed by atoms with E-state index in [0.717, 1.165) is 5.56 Å². The Bertz CT molecular complexity index is 1300. The molecule has 0 aliphatic carbocycles. The Morgan fingerprint density at radius 2 is 1.83 bits per heavy atom. The van der Waals surface area contributed by atoms with Crippen LogP contribution in [0, 0.1) is 16.7 Å². The number of amidine groups is 1. The quantitative estimate of drug-likeness (QED) is 0.295. The Labute approximate surface area is 245 Å². The molecule has 0 saturated carbocycles. The molecule has 13 nitrogen and oxygen atoms in total. The molecule has 2 amide bonds. The molecule has 13 heteroatoms. The van der Waals surface area contributed by atoms with Gasteiger partial charge in [-0.25, -0.2) is 9.59 Å². The van der Waals surface area contributed by atoms with Gasteiger partial charge in [0.15, 0.2) is 0 Å². The van der Waals surface area contributed by atoms with Crippen LogP contribution in [0.4, 0.5) is 4.79 Å². The van der Waals surface area contributed by atoms with E-state index in [1.54, 1.807) is 49.1 Å². The Balaban J connectivity index is 1.69. The molecular weight excluding hydrogens is 544 g/mol. The number of carbonyl (C=O) groups excluding carboxylic acids is 2. The summed E-state index contributed by atoms with van der Waals surface area (Å²) in [6, 6.07) is 7.04. The molecule has 2 saturated heterocycles. The van der Waals surface area contributed by atoms with Gasteiger partial charge < -0.3 is 34.9 Å². The second kappa shape index (κ2) is 12.9. The van der Waals surface area contributed by atoms with Crippen LogP contribution in [-0.4, -0.2) is 101 Å². The molecule has 2 aliphatic heterocycles. The first-order valence-electron chi connectivity index (χ1n) is 14.0. The number of amides is 2. The number of nitrogens with zero attached hydrogens (tertiary/aromatic N) is 4. The van der Waals surface area contributed by atoms with Gasteiger partial charge in [-0.2, -0.15) is 9.78 Å². The molecule has 2 aromatic rings. The Kier molecular flexibility index (Phi) is 9.52. The van der Waals surface area contributed by atoms with E-state index >= 15 is 0 Å². The zero-order valence-electron chi connectivity index (χ0n) is 24.5. The summed E-state index contributed by atoms with van der Waals surface area (Å²) in [6.45, 7) is 7.51. The minimum Gasteiger partial charge on any atom is -0.480 e. The zero-order valence-corrected chi connectivity index (χ0v) is 24.5. The monoisotopic (exact) mass is 584 g/mol. The lowest BCUT2D eigenvalue weighted by molar-refractivity contribution is -0.145. The number of nitrogen functional groups attached to an aromatic ring is 1. The Morgan fingerprint density at radius 3 is 2.43 bits per heavy atom. The molecule has 2 fully saturated rings. The predicted molar refractivity (Wildman–Crippen MR) is 153 cm³/mol. The number of aliphatic carboxylic acids is 1. The number of aromatic nitrogens is 2. The van der Waals surface area contributed by atoms with Crippen LogP contribution in [0.3, 0.4) is 0 Å². The molecule has 3 atom stereocenters. The summed E-state index contributed by atoms with van der Waals surface area (Å²) in [5.74, 6) is -2.24. The highest BCUT2D eigenvalue weighted by atomic mass is 16.5. The van der Waals surface area contributed by atoms with E-state index in [1.807, 2.05) is 6.92 Å². The molecular formula is C29H40N6O7. The summed E-state index contributed by atoms with van der Waals surface area (Å²) < 4.78 is 17.9. The largest absolute Gasteiger partial charge is 0.480 e. The standard InChI is InChI=1S/C29H40N6O7/c1-18-9-10-34(28(39)33-11-13-41-14-12-33)24(26(36)37)23(18)21-15-22(35(32-21)27(38)29(2,3)17-40-4)42-16-19-5-7-20(8-6-19)25(30)31/h5-8,15,18,23-24H,9-14,16-17H2,1-4H3,(H3,30,31)(H,36,37). The van der Waals surface area contributed by atoms with Crippen LogP contribution in [0.5, 0.6) is 5.88 Å². The Hall–Kier alpha value is -3.97. The molecule has 4 N–H and O–H groups in total. The van der Waals surface area contributed by atoms with E-state index < -0.39 is 23.3 Å². The lowest BCUT2D eigenvalue weighted by atomic mass is 9.78. The van der Waals surface area contributed by atoms with Crippen molar-refractivity contribution in [1.82, 2.24) is 19.6 Å². The highest BCUT2D eigenvalue weighted by Crippen LogP contribution is 2.39. The number of morpholine rings is 1. The van der Waals surface area contributed by atoms with Gasteiger partial charge in [-0.3, -0.25) is 10.2 Å². The summed E-state index contributed by atoms with van der Waals surface area (Å²) >= 11 is 0. The van der Waals surface area contributed by atoms with Crippen LogP contribution in [0.15, 0.2) is 30.3 Å². The molecule has 0 radical (unpaired) electrons. The number of hydrogen-bond donors (Lipinski definition) is 3. The number of ether oxygens (including phenoxy) is 3. The van der Waals surface area contributed by atoms with Gasteiger partial charge in [-0.15, -0.1) is 0 Å². The molecule has 1 aromatic carbocycles. The number of nitrogens with two attached hydrogens (primary N) is 1. The molecule has 3 unspecified atom stereocenters. The lowest BCUT2D eigenvalue weighted by Gasteiger charge is -2.44. The summed E-state index contributed by atoms with van der Waals surface area (Å²) in [5, 5.41) is 22.6. The topological polar surface area (TPSA) is 173 Å². The summed E-state index contributed by atoms with van der Waals surface area (Å²) in [5.41, 5.74) is 6.30. The van der Waals surface area contributed by atoms with Crippen LogP contribution in [-0.2, 0) is 20.9 Å². The molecule has 0 spiro atoms. The molecule has 42 heavy (non-hydrogen) atoms. The van der Waals surface area contributed by atoms with Gasteiger partial charge in [0.2, 0.25) is 5.88 Å². The van der Waals surface area contributed by atoms with Crippen molar-refractivity contribution in [2.75, 3.05) is 46.6 Å². The highest BCUT2D eigenvalue weighted by molar-refractivity contribution is 5.94. The Morgan fingerprint density at radius 1 is 1.17 bits per heavy atom. The SMILES string of the molecule is COCC(C)(C)C(=O)n1nc(C2C(C)CCN(C(=O)N3CCOCC3)C2C(=O)O)cc1OCc1ccc(C(=N)N)cc1. The third kappa shape index (κ3) is 6.57. The number of piperidine rings is 1. The maximum atomic E-state index is 13.7. The van der Waals surface area contributed by atoms with E-state index in [0.29, 0.717) is 50.5 Å². The first-order chi connectivity index (χ1) is 19.9. The summed E-state index contributed by atoms with van der Waals surface area (Å²) in [4.78, 5) is 42.9. The van der Waals surface area contributed by atoms with Gasteiger partial charge in [-0.1, -0.05) is 31.2 Å². The van der Waals surface area contributed by atoms with Gasteiger partial charge in [0, 0.05) is 44.3 Å². The molecule has 228 valence electrons. The number of carboxylic acid groups (broad SMARTS) is 1. The molecule has 0 bridgehead atoms. The fourth-order valence-electron chi connectivity index (χ4n) is 5.50. The van der Waals surface area contributed by atoms with Crippen LogP contribution >= 0.6 is 0 Å². The van der Waals surface area contributed by atoms with E-state index in [4.69, 9.17) is 25.4 Å². The number of benzene rings is 1. The maximum Gasteiger partial charge on any atom is 0.327 e. The first kappa shape index (κ1) is 31.0. The molecule has 4 rings (SSSR count).